The number of para-hydroxylation sites is 1. The van der Waals surface area contributed by atoms with Gasteiger partial charge in [0.2, 0.25) is 5.91 Å². The molecule has 1 atom stereocenters. The van der Waals surface area contributed by atoms with Gasteiger partial charge in [0.1, 0.15) is 5.75 Å². The number of carbonyl (C=O) groups excluding carboxylic acids is 1. The van der Waals surface area contributed by atoms with Crippen LogP contribution in [0.25, 0.3) is 5.69 Å². The van der Waals surface area contributed by atoms with E-state index in [2.05, 4.69) is 41.5 Å². The second-order valence-corrected chi connectivity index (χ2v) is 9.72. The fourth-order valence-electron chi connectivity index (χ4n) is 3.54. The highest BCUT2D eigenvalue weighted by atomic mass is 35.5. The highest BCUT2D eigenvalue weighted by Crippen LogP contribution is 2.29. The van der Waals surface area contributed by atoms with Gasteiger partial charge in [0.25, 0.3) is 0 Å². The van der Waals surface area contributed by atoms with Crippen LogP contribution in [0.2, 0.25) is 5.02 Å². The maximum atomic E-state index is 12.5. The van der Waals surface area contributed by atoms with E-state index < -0.39 is 0 Å². The number of aromatic nitrogens is 3. The summed E-state index contributed by atoms with van der Waals surface area (Å²) in [7, 11) is 0. The quantitative estimate of drug-likeness (QED) is 0.250. The van der Waals surface area contributed by atoms with Crippen molar-refractivity contribution in [3.8, 4) is 11.4 Å². The van der Waals surface area contributed by atoms with E-state index >= 15 is 0 Å². The average Bonchev–Trinajstić information content (AvgIpc) is 3.28. The first-order chi connectivity index (χ1) is 16.9. The van der Waals surface area contributed by atoms with E-state index in [-0.39, 0.29) is 17.8 Å². The largest absolute Gasteiger partial charge is 0.483 e. The zero-order valence-corrected chi connectivity index (χ0v) is 21.4. The van der Waals surface area contributed by atoms with Crippen LogP contribution in [-0.4, -0.2) is 26.4 Å². The topological polar surface area (TPSA) is 69.0 Å². The Hall–Kier alpha value is -3.29. The van der Waals surface area contributed by atoms with Gasteiger partial charge in [-0.15, -0.1) is 10.2 Å². The fourth-order valence-corrected chi connectivity index (χ4v) is 4.49. The molecular formula is C27H27ClN4O2S. The molecular weight excluding hydrogens is 480 g/mol. The number of anilines is 1. The number of amides is 1. The van der Waals surface area contributed by atoms with Crippen molar-refractivity contribution >= 4 is 35.0 Å². The molecule has 1 amide bonds. The summed E-state index contributed by atoms with van der Waals surface area (Å²) in [5.41, 5.74) is 2.81. The summed E-state index contributed by atoms with van der Waals surface area (Å²) in [5.74, 6) is 1.89. The van der Waals surface area contributed by atoms with Crippen molar-refractivity contribution < 1.29 is 9.53 Å². The van der Waals surface area contributed by atoms with Crippen molar-refractivity contribution in [3.63, 3.8) is 0 Å². The number of benzene rings is 3. The third-order valence-corrected chi connectivity index (χ3v) is 6.50. The number of halogens is 1. The van der Waals surface area contributed by atoms with E-state index in [4.69, 9.17) is 16.3 Å². The van der Waals surface area contributed by atoms with Gasteiger partial charge in [0.05, 0.1) is 5.75 Å². The molecule has 180 valence electrons. The molecule has 0 saturated carbocycles. The number of rotatable bonds is 9. The Bertz CT molecular complexity index is 1280. The molecule has 0 bridgehead atoms. The van der Waals surface area contributed by atoms with Gasteiger partial charge >= 0.3 is 0 Å². The van der Waals surface area contributed by atoms with E-state index in [9.17, 15) is 4.79 Å². The van der Waals surface area contributed by atoms with Gasteiger partial charge in [-0.1, -0.05) is 73.6 Å². The molecule has 1 heterocycles. The molecule has 6 nitrogen and oxygen atoms in total. The Morgan fingerprint density at radius 1 is 1.00 bits per heavy atom. The normalized spacial score (nSPS) is 11.9. The molecule has 8 heteroatoms. The van der Waals surface area contributed by atoms with Crippen molar-refractivity contribution in [1.29, 1.82) is 0 Å². The Balaban J connectivity index is 1.52. The van der Waals surface area contributed by atoms with Crippen LogP contribution in [0.15, 0.2) is 84.0 Å². The van der Waals surface area contributed by atoms with E-state index in [1.165, 1.54) is 17.3 Å². The summed E-state index contributed by atoms with van der Waals surface area (Å²) < 4.78 is 8.14. The Morgan fingerprint density at radius 2 is 1.74 bits per heavy atom. The lowest BCUT2D eigenvalue weighted by atomic mass is 10.0. The molecule has 3 aromatic carbocycles. The number of hydrogen-bond donors (Lipinski definition) is 1. The third-order valence-electron chi connectivity index (χ3n) is 5.34. The Kier molecular flexibility index (Phi) is 8.10. The van der Waals surface area contributed by atoms with Crippen LogP contribution < -0.4 is 10.1 Å². The standard InChI is InChI=1S/C27H27ClN4O2S/c1-18(2)20-12-14-24(15-13-20)34-19(3)26-30-31-27(32(26)23-10-5-4-6-11-23)35-17-25(33)29-22-9-7-8-21(28)16-22/h4-16,18-19H,17H2,1-3H3,(H,29,33). The summed E-state index contributed by atoms with van der Waals surface area (Å²) in [4.78, 5) is 12.5. The highest BCUT2D eigenvalue weighted by Gasteiger charge is 2.21. The van der Waals surface area contributed by atoms with E-state index in [0.29, 0.717) is 27.6 Å². The SMILES string of the molecule is CC(C)c1ccc(OC(C)c2nnc(SCC(=O)Nc3cccc(Cl)c3)n2-c2ccccc2)cc1. The number of thioether (sulfide) groups is 1. The van der Waals surface area contributed by atoms with Crippen molar-refractivity contribution in [3.05, 3.63) is 95.3 Å². The van der Waals surface area contributed by atoms with Gasteiger partial charge < -0.3 is 10.1 Å². The van der Waals surface area contributed by atoms with E-state index in [1.54, 1.807) is 24.3 Å². The van der Waals surface area contributed by atoms with Gasteiger partial charge in [-0.05, 0) is 60.9 Å². The monoisotopic (exact) mass is 506 g/mol. The van der Waals surface area contributed by atoms with E-state index in [0.717, 1.165) is 11.4 Å². The molecule has 1 unspecified atom stereocenters. The van der Waals surface area contributed by atoms with Gasteiger partial charge in [0, 0.05) is 16.4 Å². The summed E-state index contributed by atoms with van der Waals surface area (Å²) in [5, 5.41) is 12.8. The maximum absolute atomic E-state index is 12.5. The van der Waals surface area contributed by atoms with Crippen LogP contribution in [0.5, 0.6) is 5.75 Å². The lowest BCUT2D eigenvalue weighted by Gasteiger charge is -2.17. The summed E-state index contributed by atoms with van der Waals surface area (Å²) >= 11 is 7.32. The van der Waals surface area contributed by atoms with E-state index in [1.807, 2.05) is 54.0 Å². The fraction of sp³-hybridized carbons (Fsp3) is 0.222. The van der Waals surface area contributed by atoms with Crippen molar-refractivity contribution in [2.24, 2.45) is 0 Å². The highest BCUT2D eigenvalue weighted by molar-refractivity contribution is 7.99. The molecule has 0 aliphatic rings. The van der Waals surface area contributed by atoms with Gasteiger partial charge in [-0.2, -0.15) is 0 Å². The number of nitrogens with zero attached hydrogens (tertiary/aromatic N) is 3. The van der Waals surface area contributed by atoms with Crippen molar-refractivity contribution in [1.82, 2.24) is 14.8 Å². The molecule has 35 heavy (non-hydrogen) atoms. The number of nitrogens with one attached hydrogen (secondary N) is 1. The molecule has 0 aliphatic carbocycles. The molecule has 1 aromatic heterocycles. The summed E-state index contributed by atoms with van der Waals surface area (Å²) in [6, 6.07) is 25.0. The number of carbonyl (C=O) groups is 1. The minimum absolute atomic E-state index is 0.157. The van der Waals surface area contributed by atoms with Gasteiger partial charge in [-0.25, -0.2) is 0 Å². The second-order valence-electron chi connectivity index (χ2n) is 8.34. The molecule has 4 aromatic rings. The molecule has 0 fully saturated rings. The zero-order valence-electron chi connectivity index (χ0n) is 19.8. The van der Waals surface area contributed by atoms with Crippen LogP contribution in [0, 0.1) is 0 Å². The lowest BCUT2D eigenvalue weighted by Crippen LogP contribution is -2.15. The molecule has 0 aliphatic heterocycles. The summed E-state index contributed by atoms with van der Waals surface area (Å²) in [6.07, 6.45) is -0.359. The Labute approximate surface area is 214 Å². The molecule has 0 saturated heterocycles. The van der Waals surface area contributed by atoms with Crippen molar-refractivity contribution in [2.45, 2.75) is 37.9 Å². The first-order valence-electron chi connectivity index (χ1n) is 11.4. The lowest BCUT2D eigenvalue weighted by molar-refractivity contribution is -0.113. The predicted molar refractivity (Wildman–Crippen MR) is 142 cm³/mol. The van der Waals surface area contributed by atoms with Gasteiger partial charge in [-0.3, -0.25) is 9.36 Å². The minimum atomic E-state index is -0.359. The number of hydrogen-bond acceptors (Lipinski definition) is 5. The van der Waals surface area contributed by atoms with Crippen molar-refractivity contribution in [2.75, 3.05) is 11.1 Å². The first kappa shape index (κ1) is 24.8. The zero-order chi connectivity index (χ0) is 24.8. The smallest absolute Gasteiger partial charge is 0.234 e. The van der Waals surface area contributed by atoms with Crippen LogP contribution in [-0.2, 0) is 4.79 Å². The Morgan fingerprint density at radius 3 is 2.43 bits per heavy atom. The van der Waals surface area contributed by atoms with Crippen LogP contribution in [0.3, 0.4) is 0 Å². The molecule has 0 radical (unpaired) electrons. The van der Waals surface area contributed by atoms with Gasteiger partial charge in [0.15, 0.2) is 17.1 Å². The first-order valence-corrected chi connectivity index (χ1v) is 12.7. The average molecular weight is 507 g/mol. The maximum Gasteiger partial charge on any atom is 0.234 e. The van der Waals surface area contributed by atoms with Crippen LogP contribution >= 0.6 is 23.4 Å². The second kappa shape index (κ2) is 11.4. The summed E-state index contributed by atoms with van der Waals surface area (Å²) in [6.45, 7) is 6.27. The predicted octanol–water partition coefficient (Wildman–Crippen LogP) is 6.91. The third kappa shape index (κ3) is 6.44. The molecule has 0 spiro atoms. The molecule has 4 rings (SSSR count). The molecule has 1 N–H and O–H groups in total. The van der Waals surface area contributed by atoms with Crippen LogP contribution in [0.4, 0.5) is 5.69 Å². The number of ether oxygens (including phenoxy) is 1. The van der Waals surface area contributed by atoms with Crippen LogP contribution in [0.1, 0.15) is 44.2 Å². The minimum Gasteiger partial charge on any atom is -0.483 e.